The highest BCUT2D eigenvalue weighted by atomic mass is 16.5. The van der Waals surface area contributed by atoms with Crippen LogP contribution in [0.2, 0.25) is 0 Å². The third-order valence-electron chi connectivity index (χ3n) is 5.14. The van der Waals surface area contributed by atoms with Crippen LogP contribution in [0.3, 0.4) is 0 Å². The van der Waals surface area contributed by atoms with Crippen LogP contribution in [0.5, 0.6) is 0 Å². The van der Waals surface area contributed by atoms with E-state index in [4.69, 9.17) is 4.74 Å². The van der Waals surface area contributed by atoms with Gasteiger partial charge in [-0.15, -0.1) is 0 Å². The summed E-state index contributed by atoms with van der Waals surface area (Å²) in [7, 11) is 1.81. The molecule has 116 valence electrons. The van der Waals surface area contributed by atoms with Gasteiger partial charge in [-0.25, -0.2) is 0 Å². The zero-order valence-corrected chi connectivity index (χ0v) is 13.3. The van der Waals surface area contributed by atoms with E-state index < -0.39 is 0 Å². The highest BCUT2D eigenvalue weighted by molar-refractivity contribution is 5.52. The molecule has 1 aromatic rings. The molecule has 0 amide bonds. The van der Waals surface area contributed by atoms with E-state index in [0.717, 1.165) is 25.6 Å². The van der Waals surface area contributed by atoms with Gasteiger partial charge >= 0.3 is 0 Å². The predicted octanol–water partition coefficient (Wildman–Crippen LogP) is 3.16. The minimum Gasteiger partial charge on any atom is -0.383 e. The molecule has 3 rings (SSSR count). The van der Waals surface area contributed by atoms with E-state index >= 15 is 0 Å². The molecule has 1 fully saturated rings. The standard InChI is InChI=1S/C18H28N2O/c1-14(15-7-8-15)20(11-12-21-2)17-10-9-16-5-3-4-6-18(16)19-13-17/h3-6,14-15,17,19H,7-13H2,1-2H3. The van der Waals surface area contributed by atoms with Gasteiger partial charge < -0.3 is 10.1 Å². The van der Waals surface area contributed by atoms with E-state index in [1.54, 1.807) is 7.11 Å². The Morgan fingerprint density at radius 2 is 2.10 bits per heavy atom. The number of nitrogens with zero attached hydrogens (tertiary/aromatic N) is 1. The van der Waals surface area contributed by atoms with Crippen molar-refractivity contribution in [2.75, 3.05) is 32.1 Å². The van der Waals surface area contributed by atoms with E-state index in [2.05, 4.69) is 41.4 Å². The van der Waals surface area contributed by atoms with Crippen molar-refractivity contribution in [3.8, 4) is 0 Å². The van der Waals surface area contributed by atoms with Gasteiger partial charge in [0, 0.05) is 38.0 Å². The SMILES string of the molecule is COCCN(C1CCc2ccccc2NC1)C(C)C1CC1. The largest absolute Gasteiger partial charge is 0.383 e. The number of benzene rings is 1. The van der Waals surface area contributed by atoms with Crippen molar-refractivity contribution in [1.82, 2.24) is 4.90 Å². The number of hydrogen-bond acceptors (Lipinski definition) is 3. The first-order chi connectivity index (χ1) is 10.3. The Hall–Kier alpha value is -1.06. The fourth-order valence-electron chi connectivity index (χ4n) is 3.61. The van der Waals surface area contributed by atoms with Gasteiger partial charge in [-0.3, -0.25) is 4.90 Å². The highest BCUT2D eigenvalue weighted by Crippen LogP contribution is 2.36. The van der Waals surface area contributed by atoms with Gasteiger partial charge in [0.15, 0.2) is 0 Å². The van der Waals surface area contributed by atoms with Crippen molar-refractivity contribution < 1.29 is 4.74 Å². The van der Waals surface area contributed by atoms with Crippen LogP contribution in [-0.2, 0) is 11.2 Å². The summed E-state index contributed by atoms with van der Waals surface area (Å²) < 4.78 is 5.34. The fraction of sp³-hybridized carbons (Fsp3) is 0.667. The zero-order chi connectivity index (χ0) is 14.7. The molecular weight excluding hydrogens is 260 g/mol. The van der Waals surface area contributed by atoms with Crippen molar-refractivity contribution in [3.63, 3.8) is 0 Å². The third-order valence-corrected chi connectivity index (χ3v) is 5.14. The Kier molecular flexibility index (Phi) is 4.81. The number of hydrogen-bond donors (Lipinski definition) is 1. The van der Waals surface area contributed by atoms with Crippen LogP contribution in [0, 0.1) is 5.92 Å². The maximum Gasteiger partial charge on any atom is 0.0589 e. The number of para-hydroxylation sites is 1. The molecular formula is C18H28N2O. The van der Waals surface area contributed by atoms with Crippen LogP contribution in [0.1, 0.15) is 31.7 Å². The lowest BCUT2D eigenvalue weighted by Gasteiger charge is -2.36. The molecule has 0 bridgehead atoms. The average molecular weight is 288 g/mol. The molecule has 3 nitrogen and oxygen atoms in total. The molecule has 0 spiro atoms. The Morgan fingerprint density at radius 1 is 1.29 bits per heavy atom. The third kappa shape index (κ3) is 3.58. The molecule has 3 heteroatoms. The Bertz CT molecular complexity index is 431. The summed E-state index contributed by atoms with van der Waals surface area (Å²) in [6.07, 6.45) is 5.23. The normalized spacial score (nSPS) is 23.3. The molecule has 2 atom stereocenters. The first-order valence-electron chi connectivity index (χ1n) is 8.36. The van der Waals surface area contributed by atoms with Gasteiger partial charge in [0.1, 0.15) is 0 Å². The fourth-order valence-corrected chi connectivity index (χ4v) is 3.61. The van der Waals surface area contributed by atoms with Gasteiger partial charge in [-0.2, -0.15) is 0 Å². The van der Waals surface area contributed by atoms with Crippen LogP contribution in [-0.4, -0.2) is 43.8 Å². The van der Waals surface area contributed by atoms with Crippen molar-refractivity contribution in [1.29, 1.82) is 0 Å². The molecule has 0 aromatic heterocycles. The minimum absolute atomic E-state index is 0.614. The smallest absolute Gasteiger partial charge is 0.0589 e. The summed E-state index contributed by atoms with van der Waals surface area (Å²) >= 11 is 0. The molecule has 1 saturated carbocycles. The number of nitrogens with one attached hydrogen (secondary N) is 1. The van der Waals surface area contributed by atoms with Crippen LogP contribution in [0.4, 0.5) is 5.69 Å². The summed E-state index contributed by atoms with van der Waals surface area (Å²) in [5.74, 6) is 0.910. The van der Waals surface area contributed by atoms with Crippen molar-refractivity contribution >= 4 is 5.69 Å². The molecule has 1 heterocycles. The van der Waals surface area contributed by atoms with E-state index in [-0.39, 0.29) is 0 Å². The van der Waals surface area contributed by atoms with Gasteiger partial charge in [-0.1, -0.05) is 18.2 Å². The second-order valence-corrected chi connectivity index (χ2v) is 6.54. The second-order valence-electron chi connectivity index (χ2n) is 6.54. The minimum atomic E-state index is 0.614. The summed E-state index contributed by atoms with van der Waals surface area (Å²) in [6.45, 7) is 5.35. The molecule has 1 N–H and O–H groups in total. The number of rotatable bonds is 6. The topological polar surface area (TPSA) is 24.5 Å². The molecule has 0 radical (unpaired) electrons. The van der Waals surface area contributed by atoms with E-state index in [1.807, 2.05) is 0 Å². The number of ether oxygens (including phenoxy) is 1. The van der Waals surface area contributed by atoms with Crippen LogP contribution in [0.25, 0.3) is 0 Å². The second kappa shape index (κ2) is 6.80. The molecule has 21 heavy (non-hydrogen) atoms. The van der Waals surface area contributed by atoms with Gasteiger partial charge in [-0.05, 0) is 50.2 Å². The lowest BCUT2D eigenvalue weighted by molar-refractivity contribution is 0.0824. The van der Waals surface area contributed by atoms with E-state index in [9.17, 15) is 0 Å². The Morgan fingerprint density at radius 3 is 2.86 bits per heavy atom. The first kappa shape index (κ1) is 14.9. The monoisotopic (exact) mass is 288 g/mol. The van der Waals surface area contributed by atoms with Crippen LogP contribution < -0.4 is 5.32 Å². The van der Waals surface area contributed by atoms with E-state index in [1.165, 1.54) is 36.9 Å². The van der Waals surface area contributed by atoms with Gasteiger partial charge in [0.2, 0.25) is 0 Å². The molecule has 0 saturated heterocycles. The number of fused-ring (bicyclic) bond motifs is 1. The maximum absolute atomic E-state index is 5.34. The molecule has 1 aliphatic carbocycles. The van der Waals surface area contributed by atoms with Crippen LogP contribution in [0.15, 0.2) is 24.3 Å². The Labute approximate surface area is 128 Å². The molecule has 1 aromatic carbocycles. The van der Waals surface area contributed by atoms with E-state index in [0.29, 0.717) is 12.1 Å². The lowest BCUT2D eigenvalue weighted by atomic mass is 10.0. The summed E-state index contributed by atoms with van der Waals surface area (Å²) in [5, 5.41) is 3.66. The van der Waals surface area contributed by atoms with Crippen molar-refractivity contribution in [2.24, 2.45) is 5.92 Å². The molecule has 2 aliphatic rings. The average Bonchev–Trinajstić information content (AvgIpc) is 3.34. The Balaban J connectivity index is 1.68. The predicted molar refractivity (Wildman–Crippen MR) is 87.8 cm³/mol. The lowest BCUT2D eigenvalue weighted by Crippen LogP contribution is -2.47. The van der Waals surface area contributed by atoms with Gasteiger partial charge in [0.25, 0.3) is 0 Å². The molecule has 1 aliphatic heterocycles. The number of aryl methyl sites for hydroxylation is 1. The van der Waals surface area contributed by atoms with Gasteiger partial charge in [0.05, 0.1) is 6.61 Å². The summed E-state index contributed by atoms with van der Waals surface area (Å²) in [5.41, 5.74) is 2.79. The summed E-state index contributed by atoms with van der Waals surface area (Å²) in [6, 6.07) is 10.0. The highest BCUT2D eigenvalue weighted by Gasteiger charge is 2.35. The maximum atomic E-state index is 5.34. The van der Waals surface area contributed by atoms with Crippen molar-refractivity contribution in [2.45, 2.75) is 44.7 Å². The summed E-state index contributed by atoms with van der Waals surface area (Å²) in [4.78, 5) is 2.69. The van der Waals surface area contributed by atoms with Crippen LogP contribution >= 0.6 is 0 Å². The quantitative estimate of drug-likeness (QED) is 0.870. The number of methoxy groups -OCH3 is 1. The number of anilines is 1. The molecule has 2 unspecified atom stereocenters. The van der Waals surface area contributed by atoms with Crippen molar-refractivity contribution in [3.05, 3.63) is 29.8 Å². The first-order valence-corrected chi connectivity index (χ1v) is 8.36. The zero-order valence-electron chi connectivity index (χ0n) is 13.3.